The Morgan fingerprint density at radius 1 is 0.900 bits per heavy atom. The van der Waals surface area contributed by atoms with E-state index in [1.54, 1.807) is 54.6 Å². The van der Waals surface area contributed by atoms with Gasteiger partial charge in [0.25, 0.3) is 5.56 Å². The Bertz CT molecular complexity index is 2120. The van der Waals surface area contributed by atoms with Crippen molar-refractivity contribution in [2.45, 2.75) is 39.3 Å². The summed E-state index contributed by atoms with van der Waals surface area (Å²) in [6, 6.07) is 18.7. The first-order chi connectivity index (χ1) is 24.2. The molecule has 0 aliphatic carbocycles. The summed E-state index contributed by atoms with van der Waals surface area (Å²) in [6.07, 6.45) is 2.30. The maximum atomic E-state index is 15.0. The smallest absolute Gasteiger partial charge is 0.337 e. The van der Waals surface area contributed by atoms with E-state index in [-0.39, 0.29) is 34.3 Å². The van der Waals surface area contributed by atoms with E-state index in [4.69, 9.17) is 0 Å². The molecule has 3 amide bonds. The number of carbonyl (C=O) groups excluding carboxylic acids is 2. The average molecular weight is 701 g/mol. The largest absolute Gasteiger partial charge is 0.343 e. The van der Waals surface area contributed by atoms with Gasteiger partial charge in [-0.25, -0.2) is 22.9 Å². The highest BCUT2D eigenvalue weighted by Crippen LogP contribution is 2.38. The minimum absolute atomic E-state index is 0.0761. The Labute approximate surface area is 291 Å². The van der Waals surface area contributed by atoms with Gasteiger partial charge in [0.15, 0.2) is 0 Å². The van der Waals surface area contributed by atoms with Crippen molar-refractivity contribution < 1.29 is 18.4 Å². The third-order valence-corrected chi connectivity index (χ3v) is 10.1. The van der Waals surface area contributed by atoms with Crippen LogP contribution in [-0.2, 0) is 17.9 Å². The van der Waals surface area contributed by atoms with Crippen LogP contribution in [0.3, 0.4) is 0 Å². The van der Waals surface area contributed by atoms with Crippen LogP contribution in [0, 0.1) is 11.6 Å². The summed E-state index contributed by atoms with van der Waals surface area (Å²) in [5.41, 5.74) is 0.601. The number of rotatable bonds is 11. The number of nitrogens with one attached hydrogen (secondary N) is 2. The Morgan fingerprint density at radius 2 is 1.58 bits per heavy atom. The summed E-state index contributed by atoms with van der Waals surface area (Å²) >= 11 is 1.18. The number of benzene rings is 3. The van der Waals surface area contributed by atoms with E-state index in [2.05, 4.69) is 10.6 Å². The number of anilines is 1. The first-order valence-electron chi connectivity index (χ1n) is 16.6. The molecular formula is C37H38F2N6O4S. The van der Waals surface area contributed by atoms with Crippen molar-refractivity contribution in [2.24, 2.45) is 0 Å². The SMILES string of the molecule is CCNC(=O)Nc1ccc(-c2sc3c(c2CN(C)CCC(=O)N2CCCC2)c(=O)n(-c2ccccc2)c(=O)n3Cc2c(F)cccc2F)cc1. The lowest BCUT2D eigenvalue weighted by atomic mass is 10.1. The molecule has 6 rings (SSSR count). The van der Waals surface area contributed by atoms with Gasteiger partial charge in [0, 0.05) is 55.3 Å². The highest BCUT2D eigenvalue weighted by molar-refractivity contribution is 7.22. The van der Waals surface area contributed by atoms with Crippen LogP contribution in [0.5, 0.6) is 0 Å². The zero-order valence-corrected chi connectivity index (χ0v) is 28.7. The number of thiophene rings is 1. The van der Waals surface area contributed by atoms with Crippen molar-refractivity contribution in [1.29, 1.82) is 0 Å². The van der Waals surface area contributed by atoms with Crippen molar-refractivity contribution in [3.05, 3.63) is 116 Å². The summed E-state index contributed by atoms with van der Waals surface area (Å²) in [7, 11) is 1.87. The molecule has 0 unspecified atom stereocenters. The van der Waals surface area contributed by atoms with E-state index in [0.29, 0.717) is 46.9 Å². The predicted molar refractivity (Wildman–Crippen MR) is 192 cm³/mol. The molecule has 50 heavy (non-hydrogen) atoms. The Kier molecular flexibility index (Phi) is 10.5. The van der Waals surface area contributed by atoms with E-state index >= 15 is 8.78 Å². The van der Waals surface area contributed by atoms with Crippen LogP contribution >= 0.6 is 11.3 Å². The molecule has 5 aromatic rings. The van der Waals surface area contributed by atoms with Crippen LogP contribution in [-0.4, -0.2) is 64.1 Å². The molecule has 0 saturated carbocycles. The van der Waals surface area contributed by atoms with E-state index in [9.17, 15) is 19.2 Å². The third kappa shape index (κ3) is 7.24. The molecule has 0 bridgehead atoms. The van der Waals surface area contributed by atoms with Gasteiger partial charge < -0.3 is 20.4 Å². The fourth-order valence-corrected chi connectivity index (χ4v) is 7.54. The van der Waals surface area contributed by atoms with Crippen molar-refractivity contribution >= 4 is 39.2 Å². The Hall–Kier alpha value is -5.14. The second-order valence-corrected chi connectivity index (χ2v) is 13.3. The first-order valence-corrected chi connectivity index (χ1v) is 17.4. The van der Waals surface area contributed by atoms with Gasteiger partial charge in [-0.2, -0.15) is 0 Å². The number of carbonyl (C=O) groups is 2. The number of urea groups is 1. The van der Waals surface area contributed by atoms with Crippen LogP contribution in [0.25, 0.3) is 26.3 Å². The fourth-order valence-electron chi connectivity index (χ4n) is 6.24. The predicted octanol–water partition coefficient (Wildman–Crippen LogP) is 5.79. The summed E-state index contributed by atoms with van der Waals surface area (Å²) in [5, 5.41) is 5.70. The van der Waals surface area contributed by atoms with Crippen molar-refractivity contribution in [3.63, 3.8) is 0 Å². The molecule has 1 aliphatic heterocycles. The molecule has 13 heteroatoms. The average Bonchev–Trinajstić information content (AvgIpc) is 3.77. The maximum absolute atomic E-state index is 15.0. The van der Waals surface area contributed by atoms with Crippen molar-refractivity contribution in [3.8, 4) is 16.1 Å². The monoisotopic (exact) mass is 700 g/mol. The van der Waals surface area contributed by atoms with Crippen LogP contribution in [0.15, 0.2) is 82.4 Å². The van der Waals surface area contributed by atoms with Crippen LogP contribution < -0.4 is 21.9 Å². The molecule has 1 saturated heterocycles. The van der Waals surface area contributed by atoms with E-state index < -0.39 is 29.4 Å². The molecule has 3 heterocycles. The maximum Gasteiger partial charge on any atom is 0.337 e. The number of amides is 3. The zero-order chi connectivity index (χ0) is 35.4. The molecule has 0 atom stereocenters. The number of aromatic nitrogens is 2. The van der Waals surface area contributed by atoms with Crippen LogP contribution in [0.4, 0.5) is 19.3 Å². The van der Waals surface area contributed by atoms with Gasteiger partial charge >= 0.3 is 11.7 Å². The number of fused-ring (bicyclic) bond motifs is 1. The molecule has 3 aromatic carbocycles. The van der Waals surface area contributed by atoms with Crippen LogP contribution in [0.2, 0.25) is 0 Å². The van der Waals surface area contributed by atoms with Gasteiger partial charge in [-0.15, -0.1) is 11.3 Å². The standard InChI is InChI=1S/C37H38F2N6O4S/c1-3-40-36(48)41-25-16-14-24(15-17-25)33-28(22-42(2)21-18-31(46)43-19-7-8-20-43)32-34(47)45(26-10-5-4-6-11-26)37(49)44(35(32)50-33)23-27-29(38)12-9-13-30(27)39/h4-6,9-17H,3,7-8,18-23H2,1-2H3,(H2,40,41,48). The second kappa shape index (κ2) is 15.2. The second-order valence-electron chi connectivity index (χ2n) is 12.3. The summed E-state index contributed by atoms with van der Waals surface area (Å²) in [4.78, 5) is 58.5. The van der Waals surface area contributed by atoms with Gasteiger partial charge in [0.1, 0.15) is 16.5 Å². The highest BCUT2D eigenvalue weighted by Gasteiger charge is 2.26. The zero-order valence-electron chi connectivity index (χ0n) is 27.9. The fraction of sp³-hybridized carbons (Fsp3) is 0.297. The van der Waals surface area contributed by atoms with Crippen molar-refractivity contribution in [1.82, 2.24) is 24.3 Å². The molecule has 260 valence electrons. The number of para-hydroxylation sites is 1. The third-order valence-electron chi connectivity index (χ3n) is 8.80. The topological polar surface area (TPSA) is 109 Å². The number of nitrogens with zero attached hydrogens (tertiary/aromatic N) is 4. The van der Waals surface area contributed by atoms with Gasteiger partial charge in [-0.05, 0) is 74.3 Å². The van der Waals surface area contributed by atoms with Gasteiger partial charge in [-0.1, -0.05) is 36.4 Å². The molecule has 2 aromatic heterocycles. The first kappa shape index (κ1) is 34.7. The Balaban J connectivity index is 1.52. The van der Waals surface area contributed by atoms with Gasteiger partial charge in [-0.3, -0.25) is 14.2 Å². The molecule has 0 spiro atoms. The number of hydrogen-bond donors (Lipinski definition) is 2. The van der Waals surface area contributed by atoms with E-state index in [1.165, 1.54) is 22.0 Å². The lowest BCUT2D eigenvalue weighted by molar-refractivity contribution is -0.130. The minimum Gasteiger partial charge on any atom is -0.343 e. The summed E-state index contributed by atoms with van der Waals surface area (Å²) in [5.74, 6) is -1.54. The normalized spacial score (nSPS) is 12.9. The molecule has 2 N–H and O–H groups in total. The highest BCUT2D eigenvalue weighted by atomic mass is 32.1. The van der Waals surface area contributed by atoms with Crippen molar-refractivity contribution in [2.75, 3.05) is 38.5 Å². The molecule has 1 fully saturated rings. The summed E-state index contributed by atoms with van der Waals surface area (Å²) < 4.78 is 32.4. The minimum atomic E-state index is -0.808. The lowest BCUT2D eigenvalue weighted by Gasteiger charge is -2.20. The summed E-state index contributed by atoms with van der Waals surface area (Å²) in [6.45, 7) is 4.02. The number of likely N-dealkylation sites (tertiary alicyclic amines) is 1. The lowest BCUT2D eigenvalue weighted by Crippen LogP contribution is -2.39. The Morgan fingerprint density at radius 3 is 2.24 bits per heavy atom. The van der Waals surface area contributed by atoms with E-state index in [1.807, 2.05) is 23.8 Å². The quantitative estimate of drug-likeness (QED) is 0.181. The molecular weight excluding hydrogens is 663 g/mol. The van der Waals surface area contributed by atoms with Crippen LogP contribution in [0.1, 0.15) is 37.3 Å². The number of hydrogen-bond acceptors (Lipinski definition) is 6. The number of halogens is 2. The molecule has 1 aliphatic rings. The molecule has 0 radical (unpaired) electrons. The van der Waals surface area contributed by atoms with Gasteiger partial charge in [0.05, 0.1) is 17.6 Å². The van der Waals surface area contributed by atoms with E-state index in [0.717, 1.165) is 42.6 Å². The van der Waals surface area contributed by atoms with Gasteiger partial charge in [0.2, 0.25) is 5.91 Å². The molecule has 10 nitrogen and oxygen atoms in total.